The number of amides is 1. The van der Waals surface area contributed by atoms with Gasteiger partial charge in [0.15, 0.2) is 16.7 Å². The average molecular weight is 576 g/mol. The van der Waals surface area contributed by atoms with Gasteiger partial charge >= 0.3 is 0 Å². The molecule has 1 unspecified atom stereocenters. The fourth-order valence-corrected chi connectivity index (χ4v) is 7.92. The minimum Gasteiger partial charge on any atom is -0.493 e. The number of rotatable bonds is 5. The maximum atomic E-state index is 14.2. The van der Waals surface area contributed by atoms with Gasteiger partial charge in [-0.15, -0.1) is 0 Å². The van der Waals surface area contributed by atoms with Gasteiger partial charge in [-0.1, -0.05) is 59.8 Å². The van der Waals surface area contributed by atoms with Crippen molar-refractivity contribution < 1.29 is 22.7 Å². The van der Waals surface area contributed by atoms with Gasteiger partial charge in [-0.05, 0) is 42.7 Å². The molecule has 0 N–H and O–H groups in total. The predicted octanol–water partition coefficient (Wildman–Crippen LogP) is 5.40. The lowest BCUT2D eigenvalue weighted by atomic mass is 9.90. The van der Waals surface area contributed by atoms with Gasteiger partial charge in [0.1, 0.15) is 0 Å². The van der Waals surface area contributed by atoms with Crippen LogP contribution in [0, 0.1) is 6.92 Å². The molecule has 10 heteroatoms. The fourth-order valence-electron chi connectivity index (χ4n) is 5.49. The van der Waals surface area contributed by atoms with Crippen LogP contribution in [-0.4, -0.2) is 50.9 Å². The van der Waals surface area contributed by atoms with Crippen LogP contribution in [0.1, 0.15) is 35.6 Å². The molecule has 1 saturated heterocycles. The Hall–Kier alpha value is -3.76. The van der Waals surface area contributed by atoms with E-state index in [2.05, 4.69) is 0 Å². The number of carbonyl (C=O) groups excluding carboxylic acids is 1. The van der Waals surface area contributed by atoms with E-state index in [1.54, 1.807) is 60.2 Å². The second-order valence-corrected chi connectivity index (χ2v) is 12.7. The van der Waals surface area contributed by atoms with Crippen LogP contribution in [0.3, 0.4) is 0 Å². The molecule has 0 aromatic heterocycles. The summed E-state index contributed by atoms with van der Waals surface area (Å²) >= 11 is 1.54. The van der Waals surface area contributed by atoms with E-state index in [0.29, 0.717) is 52.2 Å². The number of hydrogen-bond donors (Lipinski definition) is 0. The Balaban J connectivity index is 1.60. The van der Waals surface area contributed by atoms with Crippen LogP contribution in [0.2, 0.25) is 0 Å². The van der Waals surface area contributed by atoms with Crippen LogP contribution in [0.15, 0.2) is 82.2 Å². The molecule has 206 valence electrons. The Morgan fingerprint density at radius 2 is 1.65 bits per heavy atom. The molecule has 0 spiro atoms. The molecule has 3 heterocycles. The van der Waals surface area contributed by atoms with Gasteiger partial charge in [-0.2, -0.15) is 0 Å². The molecular formula is C30H29N3O5S2. The van der Waals surface area contributed by atoms with E-state index in [1.165, 1.54) is 11.4 Å². The number of aliphatic imine (C=N–C) groups is 1. The van der Waals surface area contributed by atoms with Crippen molar-refractivity contribution in [3.63, 3.8) is 0 Å². The highest BCUT2D eigenvalue weighted by Crippen LogP contribution is 2.50. The van der Waals surface area contributed by atoms with Crippen LogP contribution < -0.4 is 13.8 Å². The second kappa shape index (κ2) is 10.3. The van der Waals surface area contributed by atoms with Crippen molar-refractivity contribution in [3.8, 4) is 11.5 Å². The third-order valence-corrected chi connectivity index (χ3v) is 10.2. The number of benzene rings is 3. The number of nitrogens with zero attached hydrogens (tertiary/aromatic N) is 3. The summed E-state index contributed by atoms with van der Waals surface area (Å²) in [5.41, 5.74) is 4.56. The summed E-state index contributed by atoms with van der Waals surface area (Å²) in [6.07, 6.45) is 0.801. The zero-order chi connectivity index (χ0) is 28.0. The summed E-state index contributed by atoms with van der Waals surface area (Å²) in [7, 11) is -0.869. The number of fused-ring (bicyclic) bond motifs is 3. The molecule has 0 saturated carbocycles. The Bertz CT molecular complexity index is 1650. The van der Waals surface area contributed by atoms with Gasteiger partial charge in [-0.25, -0.2) is 13.4 Å². The number of anilines is 1. The monoisotopic (exact) mass is 575 g/mol. The molecule has 1 fully saturated rings. The molecule has 3 aliphatic heterocycles. The molecule has 3 aromatic rings. The molecular weight excluding hydrogens is 546 g/mol. The molecule has 40 heavy (non-hydrogen) atoms. The Labute approximate surface area is 238 Å². The highest BCUT2D eigenvalue weighted by atomic mass is 32.2. The molecule has 1 amide bonds. The maximum absolute atomic E-state index is 14.2. The molecule has 0 aliphatic carbocycles. The molecule has 8 nitrogen and oxygen atoms in total. The number of methoxy groups -OCH3 is 2. The zero-order valence-corrected chi connectivity index (χ0v) is 24.1. The standard InChI is InChI=1S/C30H29N3O5S2/c1-19-9-11-21(12-10-19)40(35,36)32-15-13-22-28(23-17-25(37-2)26(38-3)18-24(23)32)31-30-33(27(34)14-16-39-30)29(22)20-7-5-4-6-8-20/h4-12,17-18,29H,13-16H2,1-3H3. The van der Waals surface area contributed by atoms with E-state index in [-0.39, 0.29) is 17.3 Å². The second-order valence-electron chi connectivity index (χ2n) is 9.81. The minimum atomic E-state index is -3.95. The molecule has 1 atom stereocenters. The van der Waals surface area contributed by atoms with Crippen molar-refractivity contribution in [2.45, 2.75) is 30.7 Å². The number of thioether (sulfide) groups is 1. The van der Waals surface area contributed by atoms with Crippen molar-refractivity contribution in [2.24, 2.45) is 4.99 Å². The number of carbonyl (C=O) groups is 1. The summed E-state index contributed by atoms with van der Waals surface area (Å²) < 4.78 is 41.0. The third kappa shape index (κ3) is 4.35. The first kappa shape index (κ1) is 26.5. The van der Waals surface area contributed by atoms with Crippen molar-refractivity contribution >= 4 is 44.2 Å². The number of sulfonamides is 1. The number of aryl methyl sites for hydroxylation is 1. The van der Waals surface area contributed by atoms with Crippen LogP contribution in [0.4, 0.5) is 5.69 Å². The number of hydrogen-bond acceptors (Lipinski definition) is 7. The summed E-state index contributed by atoms with van der Waals surface area (Å²) in [5.74, 6) is 1.54. The smallest absolute Gasteiger partial charge is 0.264 e. The topological polar surface area (TPSA) is 88.5 Å². The average Bonchev–Trinajstić information content (AvgIpc) is 3.13. The largest absolute Gasteiger partial charge is 0.493 e. The van der Waals surface area contributed by atoms with Crippen LogP contribution in [-0.2, 0) is 14.8 Å². The lowest BCUT2D eigenvalue weighted by Crippen LogP contribution is -2.44. The van der Waals surface area contributed by atoms with Crippen LogP contribution in [0.5, 0.6) is 11.5 Å². The summed E-state index contributed by atoms with van der Waals surface area (Å²) in [5, 5.41) is 0.624. The summed E-state index contributed by atoms with van der Waals surface area (Å²) in [6, 6.07) is 19.8. The van der Waals surface area contributed by atoms with Gasteiger partial charge < -0.3 is 9.47 Å². The predicted molar refractivity (Wildman–Crippen MR) is 157 cm³/mol. The highest BCUT2D eigenvalue weighted by molar-refractivity contribution is 8.14. The number of ether oxygens (including phenoxy) is 2. The van der Waals surface area contributed by atoms with E-state index >= 15 is 0 Å². The Morgan fingerprint density at radius 1 is 0.950 bits per heavy atom. The molecule has 0 bridgehead atoms. The van der Waals surface area contributed by atoms with E-state index in [0.717, 1.165) is 16.7 Å². The SMILES string of the molecule is COc1cc2c(cc1OC)N(S(=O)(=O)c1ccc(C)cc1)CCC1=C2N=C2SCCC(=O)N2C1c1ccccc1. The molecule has 6 rings (SSSR count). The van der Waals surface area contributed by atoms with Crippen molar-refractivity contribution in [1.82, 2.24) is 4.90 Å². The molecule has 3 aliphatic rings. The maximum Gasteiger partial charge on any atom is 0.264 e. The first-order chi connectivity index (χ1) is 19.3. The van der Waals surface area contributed by atoms with Gasteiger partial charge in [0.2, 0.25) is 5.91 Å². The van der Waals surface area contributed by atoms with E-state index in [9.17, 15) is 13.2 Å². The summed E-state index contributed by atoms with van der Waals surface area (Å²) in [6.45, 7) is 2.09. The van der Waals surface area contributed by atoms with Crippen LogP contribution in [0.25, 0.3) is 5.70 Å². The lowest BCUT2D eigenvalue weighted by molar-refractivity contribution is -0.128. The van der Waals surface area contributed by atoms with E-state index in [1.807, 2.05) is 37.3 Å². The number of amidine groups is 1. The van der Waals surface area contributed by atoms with Gasteiger partial charge in [-0.3, -0.25) is 14.0 Å². The first-order valence-corrected chi connectivity index (χ1v) is 15.4. The van der Waals surface area contributed by atoms with Crippen molar-refractivity contribution in [1.29, 1.82) is 0 Å². The van der Waals surface area contributed by atoms with Crippen molar-refractivity contribution in [3.05, 3.63) is 89.0 Å². The molecule has 3 aromatic carbocycles. The normalized spacial score (nSPS) is 18.8. The van der Waals surface area contributed by atoms with Crippen LogP contribution >= 0.6 is 11.8 Å². The van der Waals surface area contributed by atoms with E-state index in [4.69, 9.17) is 14.5 Å². The molecule has 0 radical (unpaired) electrons. The first-order valence-electron chi connectivity index (χ1n) is 13.0. The third-order valence-electron chi connectivity index (χ3n) is 7.46. The highest BCUT2D eigenvalue weighted by Gasteiger charge is 2.42. The van der Waals surface area contributed by atoms with Gasteiger partial charge in [0.05, 0.1) is 36.5 Å². The fraction of sp³-hybridized carbons (Fsp3) is 0.267. The Kier molecular flexibility index (Phi) is 6.83. The minimum absolute atomic E-state index is 0.0128. The van der Waals surface area contributed by atoms with Gasteiger partial charge in [0.25, 0.3) is 10.0 Å². The van der Waals surface area contributed by atoms with Crippen molar-refractivity contribution in [2.75, 3.05) is 30.8 Å². The summed E-state index contributed by atoms with van der Waals surface area (Å²) in [4.78, 5) is 20.3. The zero-order valence-electron chi connectivity index (χ0n) is 22.5. The van der Waals surface area contributed by atoms with E-state index < -0.39 is 16.1 Å². The van der Waals surface area contributed by atoms with Gasteiger partial charge in [0, 0.05) is 30.3 Å². The Morgan fingerprint density at radius 3 is 2.35 bits per heavy atom. The quantitative estimate of drug-likeness (QED) is 0.405. The lowest BCUT2D eigenvalue weighted by Gasteiger charge is -2.40.